The number of benzene rings is 2. The standard InChI is InChI=1S/C20H18Cl2N2O2/c21-15-2-1-3-17(11-15)23-6-8-24(9-7-23)20(25)10-14-13-26-19-5-4-16(22)12-18(14)19/h1-5,11-13H,6-10H2. The van der Waals surface area contributed by atoms with Gasteiger partial charge in [0.05, 0.1) is 12.7 Å². The van der Waals surface area contributed by atoms with E-state index < -0.39 is 0 Å². The highest BCUT2D eigenvalue weighted by atomic mass is 35.5. The van der Waals surface area contributed by atoms with Gasteiger partial charge in [-0.25, -0.2) is 0 Å². The Balaban J connectivity index is 1.41. The molecule has 4 rings (SSSR count). The van der Waals surface area contributed by atoms with Gasteiger partial charge in [-0.3, -0.25) is 4.79 Å². The van der Waals surface area contributed by atoms with Gasteiger partial charge >= 0.3 is 0 Å². The fraction of sp³-hybridized carbons (Fsp3) is 0.250. The van der Waals surface area contributed by atoms with Crippen molar-refractivity contribution in [3.05, 3.63) is 64.3 Å². The number of piperazine rings is 1. The molecule has 1 saturated heterocycles. The summed E-state index contributed by atoms with van der Waals surface area (Å²) in [6.07, 6.45) is 1.98. The Morgan fingerprint density at radius 1 is 1.00 bits per heavy atom. The van der Waals surface area contributed by atoms with Crippen molar-refractivity contribution in [2.75, 3.05) is 31.1 Å². The van der Waals surface area contributed by atoms with E-state index in [1.165, 1.54) is 0 Å². The van der Waals surface area contributed by atoms with Gasteiger partial charge in [-0.05, 0) is 36.4 Å². The van der Waals surface area contributed by atoms with Crippen LogP contribution in [0.4, 0.5) is 5.69 Å². The van der Waals surface area contributed by atoms with Gasteiger partial charge in [0.25, 0.3) is 0 Å². The van der Waals surface area contributed by atoms with Gasteiger partial charge in [0.2, 0.25) is 5.91 Å². The minimum atomic E-state index is 0.110. The maximum Gasteiger partial charge on any atom is 0.227 e. The van der Waals surface area contributed by atoms with E-state index >= 15 is 0 Å². The number of hydrogen-bond acceptors (Lipinski definition) is 3. The maximum atomic E-state index is 12.7. The first-order chi connectivity index (χ1) is 12.6. The van der Waals surface area contributed by atoms with Gasteiger partial charge in [0.1, 0.15) is 5.58 Å². The van der Waals surface area contributed by atoms with Crippen molar-refractivity contribution < 1.29 is 9.21 Å². The van der Waals surface area contributed by atoms with Crippen LogP contribution >= 0.6 is 23.2 Å². The number of carbonyl (C=O) groups excluding carboxylic acids is 1. The van der Waals surface area contributed by atoms with Crippen LogP contribution in [0, 0.1) is 0 Å². The summed E-state index contributed by atoms with van der Waals surface area (Å²) in [6.45, 7) is 2.98. The quantitative estimate of drug-likeness (QED) is 0.656. The van der Waals surface area contributed by atoms with Gasteiger partial charge in [-0.1, -0.05) is 29.3 Å². The number of nitrogens with zero attached hydrogens (tertiary/aromatic N) is 2. The lowest BCUT2D eigenvalue weighted by atomic mass is 10.1. The first kappa shape index (κ1) is 17.3. The van der Waals surface area contributed by atoms with E-state index in [1.54, 1.807) is 12.3 Å². The van der Waals surface area contributed by atoms with E-state index in [0.717, 1.165) is 40.3 Å². The SMILES string of the molecule is O=C(Cc1coc2ccc(Cl)cc12)N1CCN(c2cccc(Cl)c2)CC1. The zero-order valence-corrected chi connectivity index (χ0v) is 15.6. The Morgan fingerprint density at radius 2 is 1.77 bits per heavy atom. The fourth-order valence-corrected chi connectivity index (χ4v) is 3.71. The maximum absolute atomic E-state index is 12.7. The number of furan rings is 1. The third-order valence-electron chi connectivity index (χ3n) is 4.76. The number of amides is 1. The fourth-order valence-electron chi connectivity index (χ4n) is 3.35. The Hall–Kier alpha value is -2.17. The Bertz CT molecular complexity index is 946. The van der Waals surface area contributed by atoms with E-state index in [2.05, 4.69) is 4.90 Å². The van der Waals surface area contributed by atoms with E-state index in [0.29, 0.717) is 24.5 Å². The van der Waals surface area contributed by atoms with Crippen molar-refractivity contribution in [1.29, 1.82) is 0 Å². The van der Waals surface area contributed by atoms with E-state index in [4.69, 9.17) is 27.6 Å². The molecule has 1 amide bonds. The molecule has 1 aliphatic heterocycles. The molecule has 0 N–H and O–H groups in total. The Kier molecular flexibility index (Phi) is 4.79. The lowest BCUT2D eigenvalue weighted by Gasteiger charge is -2.36. The van der Waals surface area contributed by atoms with Crippen LogP contribution in [0.2, 0.25) is 10.0 Å². The van der Waals surface area contributed by atoms with Crippen LogP contribution in [0.5, 0.6) is 0 Å². The van der Waals surface area contributed by atoms with Gasteiger partial charge in [0, 0.05) is 52.9 Å². The molecular formula is C20H18Cl2N2O2. The predicted octanol–water partition coefficient (Wildman–Crippen LogP) is 4.63. The van der Waals surface area contributed by atoms with Crippen LogP contribution in [0.15, 0.2) is 53.1 Å². The van der Waals surface area contributed by atoms with Crippen LogP contribution in [0.25, 0.3) is 11.0 Å². The van der Waals surface area contributed by atoms with Crippen LogP contribution in [0.3, 0.4) is 0 Å². The number of fused-ring (bicyclic) bond motifs is 1. The summed E-state index contributed by atoms with van der Waals surface area (Å²) in [6, 6.07) is 13.3. The average Bonchev–Trinajstić information content (AvgIpc) is 3.04. The molecule has 1 aromatic heterocycles. The summed E-state index contributed by atoms with van der Waals surface area (Å²) < 4.78 is 5.53. The summed E-state index contributed by atoms with van der Waals surface area (Å²) in [5.41, 5.74) is 2.73. The minimum absolute atomic E-state index is 0.110. The van der Waals surface area contributed by atoms with Gasteiger partial charge in [-0.2, -0.15) is 0 Å². The molecule has 0 radical (unpaired) electrons. The molecule has 0 atom stereocenters. The normalized spacial score (nSPS) is 14.8. The third kappa shape index (κ3) is 3.53. The first-order valence-electron chi connectivity index (χ1n) is 8.54. The molecule has 2 aromatic carbocycles. The van der Waals surface area contributed by atoms with E-state index in [9.17, 15) is 4.79 Å². The Labute approximate surface area is 161 Å². The van der Waals surface area contributed by atoms with Crippen molar-refractivity contribution in [1.82, 2.24) is 4.90 Å². The van der Waals surface area contributed by atoms with Gasteiger partial charge < -0.3 is 14.2 Å². The topological polar surface area (TPSA) is 36.7 Å². The second kappa shape index (κ2) is 7.22. The second-order valence-corrected chi connectivity index (χ2v) is 7.30. The van der Waals surface area contributed by atoms with Crippen molar-refractivity contribution >= 4 is 45.8 Å². The number of anilines is 1. The van der Waals surface area contributed by atoms with Crippen LogP contribution in [-0.2, 0) is 11.2 Å². The first-order valence-corrected chi connectivity index (χ1v) is 9.30. The lowest BCUT2D eigenvalue weighted by molar-refractivity contribution is -0.130. The largest absolute Gasteiger partial charge is 0.464 e. The van der Waals surface area contributed by atoms with Crippen molar-refractivity contribution in [3.63, 3.8) is 0 Å². The molecule has 0 saturated carbocycles. The molecule has 1 aliphatic rings. The summed E-state index contributed by atoms with van der Waals surface area (Å²) in [4.78, 5) is 16.9. The number of rotatable bonds is 3. The van der Waals surface area contributed by atoms with Gasteiger partial charge in [-0.15, -0.1) is 0 Å². The summed E-state index contributed by atoms with van der Waals surface area (Å²) >= 11 is 12.1. The van der Waals surface area contributed by atoms with E-state index in [1.807, 2.05) is 41.3 Å². The molecule has 6 heteroatoms. The van der Waals surface area contributed by atoms with Crippen LogP contribution < -0.4 is 4.90 Å². The Morgan fingerprint density at radius 3 is 2.54 bits per heavy atom. The molecule has 0 bridgehead atoms. The summed E-state index contributed by atoms with van der Waals surface area (Å²) in [7, 11) is 0. The minimum Gasteiger partial charge on any atom is -0.464 e. The van der Waals surface area contributed by atoms with Crippen LogP contribution in [-0.4, -0.2) is 37.0 Å². The lowest BCUT2D eigenvalue weighted by Crippen LogP contribution is -2.49. The zero-order valence-electron chi connectivity index (χ0n) is 14.1. The van der Waals surface area contributed by atoms with Gasteiger partial charge in [0.15, 0.2) is 0 Å². The average molecular weight is 389 g/mol. The second-order valence-electron chi connectivity index (χ2n) is 6.43. The molecule has 134 valence electrons. The molecule has 0 aliphatic carbocycles. The molecule has 3 aromatic rings. The highest BCUT2D eigenvalue weighted by Gasteiger charge is 2.22. The zero-order chi connectivity index (χ0) is 18.1. The molecule has 4 nitrogen and oxygen atoms in total. The highest BCUT2D eigenvalue weighted by Crippen LogP contribution is 2.26. The van der Waals surface area contributed by atoms with Crippen LogP contribution in [0.1, 0.15) is 5.56 Å². The number of hydrogen-bond donors (Lipinski definition) is 0. The highest BCUT2D eigenvalue weighted by molar-refractivity contribution is 6.31. The molecular weight excluding hydrogens is 371 g/mol. The number of carbonyl (C=O) groups is 1. The van der Waals surface area contributed by atoms with E-state index in [-0.39, 0.29) is 5.91 Å². The smallest absolute Gasteiger partial charge is 0.227 e. The molecule has 2 heterocycles. The number of halogens is 2. The monoisotopic (exact) mass is 388 g/mol. The van der Waals surface area contributed by atoms with Crippen molar-refractivity contribution in [2.45, 2.75) is 6.42 Å². The molecule has 1 fully saturated rings. The predicted molar refractivity (Wildman–Crippen MR) is 105 cm³/mol. The molecule has 26 heavy (non-hydrogen) atoms. The summed E-state index contributed by atoms with van der Waals surface area (Å²) in [5, 5.41) is 2.28. The third-order valence-corrected chi connectivity index (χ3v) is 5.23. The summed E-state index contributed by atoms with van der Waals surface area (Å²) in [5.74, 6) is 0.110. The molecule has 0 spiro atoms. The molecule has 0 unspecified atom stereocenters. The van der Waals surface area contributed by atoms with Crippen molar-refractivity contribution in [2.24, 2.45) is 0 Å². The van der Waals surface area contributed by atoms with Crippen molar-refractivity contribution in [3.8, 4) is 0 Å².